The van der Waals surface area contributed by atoms with Crippen LogP contribution in [0.1, 0.15) is 0 Å². The molecule has 3 heteroatoms. The quantitative estimate of drug-likeness (QED) is 0.548. The smallest absolute Gasteiger partial charge is 0.0998 e. The van der Waals surface area contributed by atoms with Crippen LogP contribution in [0.4, 0.5) is 0 Å². The molecule has 0 spiro atoms. The van der Waals surface area contributed by atoms with Crippen LogP contribution in [0.5, 0.6) is 0 Å². The number of rotatable bonds is 1. The molecule has 1 aliphatic rings. The maximum Gasteiger partial charge on any atom is 0.0998 e. The second-order valence-electron chi connectivity index (χ2n) is 2.11. The maximum atomic E-state index is 8.53. The Morgan fingerprint density at radius 2 is 2.55 bits per heavy atom. The van der Waals surface area contributed by atoms with E-state index >= 15 is 0 Å². The van der Waals surface area contributed by atoms with E-state index in [0.29, 0.717) is 5.88 Å². The second kappa shape index (κ2) is 3.95. The Balaban J connectivity index is 2.76. The minimum Gasteiger partial charge on any atom is -0.263 e. The van der Waals surface area contributed by atoms with E-state index in [4.69, 9.17) is 16.9 Å². The number of halogens is 1. The highest BCUT2D eigenvalue weighted by Gasteiger charge is 2.00. The van der Waals surface area contributed by atoms with Crippen molar-refractivity contribution < 1.29 is 0 Å². The van der Waals surface area contributed by atoms with Crippen LogP contribution in [0.25, 0.3) is 0 Å². The minimum atomic E-state index is -0.216. The predicted molar refractivity (Wildman–Crippen MR) is 45.5 cm³/mol. The molecule has 0 bridgehead atoms. The van der Waals surface area contributed by atoms with Crippen molar-refractivity contribution in [2.75, 3.05) is 5.88 Å². The Morgan fingerprint density at radius 1 is 1.73 bits per heavy atom. The fraction of sp³-hybridized carbons (Fsp3) is 0.250. The van der Waals surface area contributed by atoms with Crippen molar-refractivity contribution in [2.45, 2.75) is 0 Å². The summed E-state index contributed by atoms with van der Waals surface area (Å²) < 4.78 is 0. The molecule has 0 radical (unpaired) electrons. The van der Waals surface area contributed by atoms with Gasteiger partial charge in [-0.1, -0.05) is 12.2 Å². The Labute approximate surface area is 70.5 Å². The number of aliphatic imine (C=N–C) groups is 1. The van der Waals surface area contributed by atoms with Gasteiger partial charge in [0.15, 0.2) is 0 Å². The summed E-state index contributed by atoms with van der Waals surface area (Å²) in [4.78, 5) is 4.01. The summed E-state index contributed by atoms with van der Waals surface area (Å²) in [6.45, 7) is 0. The standard InChI is InChI=1S/C8H7ClN2/c9-4-8-3-1-2-7(5-10)6-11-8/h1-3,6-7H,4H2. The first kappa shape index (κ1) is 8.03. The molecule has 1 heterocycles. The van der Waals surface area contributed by atoms with E-state index in [-0.39, 0.29) is 5.92 Å². The van der Waals surface area contributed by atoms with Gasteiger partial charge in [0.2, 0.25) is 0 Å². The van der Waals surface area contributed by atoms with Crippen molar-refractivity contribution in [1.82, 2.24) is 0 Å². The Kier molecular flexibility index (Phi) is 2.88. The SMILES string of the molecule is N#CC1C=CC=C(CCl)N=C1. The van der Waals surface area contributed by atoms with Crippen LogP contribution in [0.15, 0.2) is 28.9 Å². The highest BCUT2D eigenvalue weighted by atomic mass is 35.5. The van der Waals surface area contributed by atoms with Gasteiger partial charge in [0.05, 0.1) is 23.6 Å². The van der Waals surface area contributed by atoms with Crippen molar-refractivity contribution in [3.63, 3.8) is 0 Å². The maximum absolute atomic E-state index is 8.53. The van der Waals surface area contributed by atoms with Gasteiger partial charge in [-0.2, -0.15) is 5.26 Å². The molecule has 0 fully saturated rings. The molecule has 0 aromatic carbocycles. The first-order valence-corrected chi connectivity index (χ1v) is 3.77. The third-order valence-corrected chi connectivity index (χ3v) is 1.57. The molecule has 0 aromatic rings. The lowest BCUT2D eigenvalue weighted by atomic mass is 10.2. The van der Waals surface area contributed by atoms with Crippen LogP contribution in [-0.4, -0.2) is 12.1 Å². The minimum absolute atomic E-state index is 0.216. The van der Waals surface area contributed by atoms with Gasteiger partial charge in [0, 0.05) is 6.21 Å². The largest absolute Gasteiger partial charge is 0.263 e. The number of alkyl halides is 1. The van der Waals surface area contributed by atoms with Gasteiger partial charge in [-0.25, -0.2) is 0 Å². The van der Waals surface area contributed by atoms with Crippen LogP contribution >= 0.6 is 11.6 Å². The normalized spacial score (nSPS) is 22.2. The molecular weight excluding hydrogens is 160 g/mol. The molecule has 0 aromatic heterocycles. The zero-order chi connectivity index (χ0) is 8.10. The van der Waals surface area contributed by atoms with E-state index in [2.05, 4.69) is 11.1 Å². The van der Waals surface area contributed by atoms with Gasteiger partial charge >= 0.3 is 0 Å². The van der Waals surface area contributed by atoms with Crippen molar-refractivity contribution in [1.29, 1.82) is 5.26 Å². The molecule has 1 aliphatic heterocycles. The summed E-state index contributed by atoms with van der Waals surface area (Å²) in [5.74, 6) is 0.172. The van der Waals surface area contributed by atoms with Gasteiger partial charge in [0.25, 0.3) is 0 Å². The summed E-state index contributed by atoms with van der Waals surface area (Å²) in [7, 11) is 0. The fourth-order valence-electron chi connectivity index (χ4n) is 0.711. The summed E-state index contributed by atoms with van der Waals surface area (Å²) in [5.41, 5.74) is 0.792. The Bertz CT molecular complexity index is 258. The lowest BCUT2D eigenvalue weighted by molar-refractivity contribution is 1.17. The van der Waals surface area contributed by atoms with E-state index < -0.39 is 0 Å². The van der Waals surface area contributed by atoms with Crippen LogP contribution in [0.3, 0.4) is 0 Å². The summed E-state index contributed by atoms with van der Waals surface area (Å²) >= 11 is 5.54. The number of nitriles is 1. The van der Waals surface area contributed by atoms with E-state index in [0.717, 1.165) is 5.70 Å². The number of hydrogen-bond donors (Lipinski definition) is 0. The van der Waals surface area contributed by atoms with Crippen LogP contribution in [-0.2, 0) is 0 Å². The predicted octanol–water partition coefficient (Wildman–Crippen LogP) is 1.89. The van der Waals surface area contributed by atoms with E-state index in [9.17, 15) is 0 Å². The number of hydrogen-bond acceptors (Lipinski definition) is 2. The number of nitrogens with zero attached hydrogens (tertiary/aromatic N) is 2. The highest BCUT2D eigenvalue weighted by molar-refractivity contribution is 6.19. The molecule has 0 N–H and O–H groups in total. The lowest BCUT2D eigenvalue weighted by Crippen LogP contribution is -1.91. The molecular formula is C8H7ClN2. The highest BCUT2D eigenvalue weighted by Crippen LogP contribution is 2.06. The molecule has 11 heavy (non-hydrogen) atoms. The van der Waals surface area contributed by atoms with Crippen LogP contribution in [0, 0.1) is 17.2 Å². The average molecular weight is 167 g/mol. The average Bonchev–Trinajstić information content (AvgIpc) is 2.28. The van der Waals surface area contributed by atoms with E-state index in [1.165, 1.54) is 0 Å². The van der Waals surface area contributed by atoms with Crippen molar-refractivity contribution >= 4 is 17.8 Å². The molecule has 1 unspecified atom stereocenters. The molecule has 0 saturated carbocycles. The zero-order valence-corrected chi connectivity index (χ0v) is 6.62. The van der Waals surface area contributed by atoms with Gasteiger partial charge in [-0.15, -0.1) is 11.6 Å². The second-order valence-corrected chi connectivity index (χ2v) is 2.38. The zero-order valence-electron chi connectivity index (χ0n) is 5.87. The summed E-state index contributed by atoms with van der Waals surface area (Å²) in [5, 5.41) is 8.53. The Morgan fingerprint density at radius 3 is 3.18 bits per heavy atom. The number of allylic oxidation sites excluding steroid dienone is 4. The van der Waals surface area contributed by atoms with Crippen molar-refractivity contribution in [2.24, 2.45) is 10.9 Å². The van der Waals surface area contributed by atoms with Crippen LogP contribution < -0.4 is 0 Å². The third-order valence-electron chi connectivity index (χ3n) is 1.29. The first-order valence-electron chi connectivity index (χ1n) is 3.24. The molecule has 1 atom stereocenters. The topological polar surface area (TPSA) is 36.1 Å². The summed E-state index contributed by atoms with van der Waals surface area (Å²) in [6, 6.07) is 2.08. The molecule has 2 nitrogen and oxygen atoms in total. The van der Waals surface area contributed by atoms with Crippen molar-refractivity contribution in [3.8, 4) is 6.07 Å². The molecule has 0 amide bonds. The molecule has 0 saturated heterocycles. The van der Waals surface area contributed by atoms with Crippen LogP contribution in [0.2, 0.25) is 0 Å². The van der Waals surface area contributed by atoms with Crippen molar-refractivity contribution in [3.05, 3.63) is 23.9 Å². The first-order chi connectivity index (χ1) is 5.36. The van der Waals surface area contributed by atoms with E-state index in [1.807, 2.05) is 0 Å². The van der Waals surface area contributed by atoms with E-state index in [1.54, 1.807) is 24.4 Å². The van der Waals surface area contributed by atoms with Gasteiger partial charge < -0.3 is 0 Å². The molecule has 56 valence electrons. The van der Waals surface area contributed by atoms with Gasteiger partial charge in [0.1, 0.15) is 0 Å². The fourth-order valence-corrected chi connectivity index (χ4v) is 0.869. The lowest BCUT2D eigenvalue weighted by Gasteiger charge is -1.90. The van der Waals surface area contributed by atoms with Gasteiger partial charge in [-0.3, -0.25) is 4.99 Å². The Hall–Kier alpha value is -1.07. The summed E-state index contributed by atoms with van der Waals surface area (Å²) in [6.07, 6.45) is 6.99. The molecule has 1 rings (SSSR count). The molecule has 0 aliphatic carbocycles. The van der Waals surface area contributed by atoms with Gasteiger partial charge in [-0.05, 0) is 6.08 Å². The monoisotopic (exact) mass is 166 g/mol. The third kappa shape index (κ3) is 2.21.